The number of ether oxygens (including phenoxy) is 2. The molecule has 2 aromatic carbocycles. The Hall–Kier alpha value is -3.52. The molecule has 41 heavy (non-hydrogen) atoms. The van der Waals surface area contributed by atoms with E-state index in [0.29, 0.717) is 0 Å². The van der Waals surface area contributed by atoms with Crippen LogP contribution in [0.3, 0.4) is 0 Å². The van der Waals surface area contributed by atoms with E-state index < -0.39 is 48.0 Å². The third kappa shape index (κ3) is 7.04. The molecule has 0 bridgehead atoms. The summed E-state index contributed by atoms with van der Waals surface area (Å²) in [7, 11) is 1.28. The van der Waals surface area contributed by atoms with Crippen molar-refractivity contribution >= 4 is 17.7 Å². The van der Waals surface area contributed by atoms with Crippen LogP contribution < -0.4 is 19.6 Å². The Kier molecular flexibility index (Phi) is 10.1. The molecule has 14 heteroatoms. The van der Waals surface area contributed by atoms with Crippen LogP contribution in [0.4, 0.5) is 22.0 Å². The number of aliphatic hydroxyl groups is 2. The quantitative estimate of drug-likeness (QED) is 0.180. The highest BCUT2D eigenvalue weighted by atomic mass is 35.5. The molecule has 2 unspecified atom stereocenters. The van der Waals surface area contributed by atoms with Crippen LogP contribution in [0.2, 0.25) is 0 Å². The number of amides is 1. The number of benzene rings is 2. The summed E-state index contributed by atoms with van der Waals surface area (Å²) in [6.07, 6.45) is -5.37. The highest BCUT2D eigenvalue weighted by molar-refractivity contribution is 6.13. The summed E-state index contributed by atoms with van der Waals surface area (Å²) in [6, 6.07) is 10.5. The summed E-state index contributed by atoms with van der Waals surface area (Å²) in [5, 5.41) is 22.0. The fourth-order valence-electron chi connectivity index (χ4n) is 3.72. The van der Waals surface area contributed by atoms with Crippen LogP contribution >= 0.6 is 11.8 Å². The third-order valence-corrected chi connectivity index (χ3v) is 6.67. The fraction of sp³-hybridized carbons (Fsp3) is 0.333. The van der Waals surface area contributed by atoms with Gasteiger partial charge in [0, 0.05) is 11.1 Å². The van der Waals surface area contributed by atoms with Crippen molar-refractivity contribution in [2.45, 2.75) is 24.2 Å². The van der Waals surface area contributed by atoms with Crippen molar-refractivity contribution in [2.75, 3.05) is 33.5 Å². The van der Waals surface area contributed by atoms with Crippen molar-refractivity contribution in [1.29, 1.82) is 0 Å². The standard InChI is InChI=1S/C27H27ClF5N3O5/c1-25(14-29,36-28)18-12-20(16-3-6-19(30)7-4-16)35-23(13-18)26(39,27(31,32)33)15-34-24(38)17-5-8-21(41-10-9-37)22(11-17)40-2/h3-8,11-13,36-37,39H,9-10,14-15H2,1-2H3,(H,34,38). The molecule has 0 spiro atoms. The van der Waals surface area contributed by atoms with Crippen molar-refractivity contribution in [1.82, 2.24) is 15.1 Å². The van der Waals surface area contributed by atoms with Crippen LogP contribution in [0.1, 0.15) is 28.5 Å². The zero-order valence-electron chi connectivity index (χ0n) is 21.9. The van der Waals surface area contributed by atoms with Crippen molar-refractivity contribution in [2.24, 2.45) is 0 Å². The van der Waals surface area contributed by atoms with Crippen molar-refractivity contribution in [3.63, 3.8) is 0 Å². The number of alkyl halides is 4. The van der Waals surface area contributed by atoms with Gasteiger partial charge in [0.05, 0.1) is 37.2 Å². The van der Waals surface area contributed by atoms with Gasteiger partial charge in [-0.25, -0.2) is 18.6 Å². The van der Waals surface area contributed by atoms with E-state index in [-0.39, 0.29) is 47.1 Å². The summed E-state index contributed by atoms with van der Waals surface area (Å²) in [4.78, 5) is 19.0. The topological polar surface area (TPSA) is 113 Å². The van der Waals surface area contributed by atoms with Gasteiger partial charge in [-0.2, -0.15) is 13.2 Å². The molecule has 1 aromatic heterocycles. The molecule has 0 saturated heterocycles. The lowest BCUT2D eigenvalue weighted by molar-refractivity contribution is -0.265. The zero-order valence-corrected chi connectivity index (χ0v) is 22.6. The van der Waals surface area contributed by atoms with Crippen molar-refractivity contribution in [3.8, 4) is 22.8 Å². The average Bonchev–Trinajstić information content (AvgIpc) is 2.97. The molecule has 0 aliphatic carbocycles. The second-order valence-electron chi connectivity index (χ2n) is 9.17. The number of hydrogen-bond donors (Lipinski definition) is 4. The number of hydrogen-bond acceptors (Lipinski definition) is 7. The second-order valence-corrected chi connectivity index (χ2v) is 9.36. The molecular formula is C27H27ClF5N3O5. The number of nitrogens with zero attached hydrogens (tertiary/aromatic N) is 1. The third-order valence-electron chi connectivity index (χ3n) is 6.25. The minimum absolute atomic E-state index is 0.0623. The Morgan fingerprint density at radius 3 is 2.32 bits per heavy atom. The van der Waals surface area contributed by atoms with Gasteiger partial charge in [-0.15, -0.1) is 0 Å². The minimum Gasteiger partial charge on any atom is -0.493 e. The lowest BCUT2D eigenvalue weighted by Crippen LogP contribution is -2.52. The van der Waals surface area contributed by atoms with Crippen LogP contribution in [-0.2, 0) is 11.1 Å². The maximum atomic E-state index is 14.4. The van der Waals surface area contributed by atoms with E-state index >= 15 is 0 Å². The fourth-order valence-corrected chi connectivity index (χ4v) is 3.88. The van der Waals surface area contributed by atoms with E-state index in [0.717, 1.165) is 18.2 Å². The largest absolute Gasteiger partial charge is 0.493 e. The Bertz CT molecular complexity index is 1360. The summed E-state index contributed by atoms with van der Waals surface area (Å²) in [5.74, 6) is -1.34. The molecule has 0 saturated carbocycles. The van der Waals surface area contributed by atoms with E-state index in [1.54, 1.807) is 0 Å². The van der Waals surface area contributed by atoms with Crippen LogP contribution in [0.25, 0.3) is 11.3 Å². The summed E-state index contributed by atoms with van der Waals surface area (Å²) in [5.41, 5.74) is -6.58. The zero-order chi connectivity index (χ0) is 30.4. The predicted octanol–water partition coefficient (Wildman–Crippen LogP) is 4.38. The number of halogens is 6. The molecule has 1 amide bonds. The lowest BCUT2D eigenvalue weighted by Gasteiger charge is -2.32. The van der Waals surface area contributed by atoms with Gasteiger partial charge in [-0.1, -0.05) is 0 Å². The van der Waals surface area contributed by atoms with Crippen LogP contribution in [0.15, 0.2) is 54.6 Å². The summed E-state index contributed by atoms with van der Waals surface area (Å²) < 4.78 is 81.2. The maximum absolute atomic E-state index is 14.4. The Labute approximate surface area is 237 Å². The monoisotopic (exact) mass is 603 g/mol. The van der Waals surface area contributed by atoms with Gasteiger partial charge in [-0.05, 0) is 78.9 Å². The molecule has 2 atom stereocenters. The molecule has 0 radical (unpaired) electrons. The summed E-state index contributed by atoms with van der Waals surface area (Å²) >= 11 is 5.72. The van der Waals surface area contributed by atoms with Crippen LogP contribution in [0.5, 0.6) is 11.5 Å². The molecule has 0 aliphatic heterocycles. The normalized spacial score (nSPS) is 14.6. The van der Waals surface area contributed by atoms with E-state index in [1.807, 2.05) is 0 Å². The van der Waals surface area contributed by atoms with Crippen molar-refractivity contribution in [3.05, 3.63) is 77.2 Å². The van der Waals surface area contributed by atoms with Crippen LogP contribution in [0, 0.1) is 5.82 Å². The first kappa shape index (κ1) is 32.0. The van der Waals surface area contributed by atoms with E-state index in [1.165, 1.54) is 50.4 Å². The SMILES string of the molecule is COc1cc(C(=O)NCC(O)(c2cc(C(C)(CF)NCl)cc(-c3ccc(F)cc3)n2)C(F)(F)F)ccc1OCCO. The maximum Gasteiger partial charge on any atom is 0.424 e. The number of methoxy groups -OCH3 is 1. The van der Waals surface area contributed by atoms with Gasteiger partial charge < -0.3 is 25.0 Å². The van der Waals surface area contributed by atoms with Gasteiger partial charge >= 0.3 is 6.18 Å². The van der Waals surface area contributed by atoms with Crippen LogP contribution in [-0.4, -0.2) is 60.8 Å². The highest BCUT2D eigenvalue weighted by Gasteiger charge is 2.56. The molecule has 1 heterocycles. The second kappa shape index (κ2) is 13.0. The molecule has 4 N–H and O–H groups in total. The number of carbonyl (C=O) groups is 1. The average molecular weight is 604 g/mol. The molecule has 8 nitrogen and oxygen atoms in total. The van der Waals surface area contributed by atoms with Gasteiger partial charge in [0.1, 0.15) is 19.1 Å². The lowest BCUT2D eigenvalue weighted by atomic mass is 9.89. The molecule has 3 aromatic rings. The molecule has 0 fully saturated rings. The Balaban J connectivity index is 2.05. The van der Waals surface area contributed by atoms with E-state index in [2.05, 4.69) is 15.1 Å². The first-order chi connectivity index (χ1) is 19.3. The molecular weight excluding hydrogens is 577 g/mol. The number of pyridine rings is 1. The van der Waals surface area contributed by atoms with E-state index in [9.17, 15) is 31.9 Å². The molecule has 222 valence electrons. The number of aliphatic hydroxyl groups excluding tert-OH is 1. The molecule has 0 aliphatic rings. The highest BCUT2D eigenvalue weighted by Crippen LogP contribution is 2.40. The smallest absolute Gasteiger partial charge is 0.424 e. The Morgan fingerprint density at radius 1 is 1.07 bits per heavy atom. The number of rotatable bonds is 12. The summed E-state index contributed by atoms with van der Waals surface area (Å²) in [6.45, 7) is -1.59. The first-order valence-corrected chi connectivity index (χ1v) is 12.4. The minimum atomic E-state index is -5.37. The number of nitrogens with one attached hydrogen (secondary N) is 2. The number of carbonyl (C=O) groups excluding carboxylic acids is 1. The molecule has 3 rings (SSSR count). The van der Waals surface area contributed by atoms with Gasteiger partial charge in [-0.3, -0.25) is 4.79 Å². The van der Waals surface area contributed by atoms with Gasteiger partial charge in [0.25, 0.3) is 5.91 Å². The Morgan fingerprint density at radius 2 is 1.76 bits per heavy atom. The first-order valence-electron chi connectivity index (χ1n) is 12.0. The van der Waals surface area contributed by atoms with Gasteiger partial charge in [0.15, 0.2) is 11.5 Å². The predicted molar refractivity (Wildman–Crippen MR) is 140 cm³/mol. The number of aromatic nitrogens is 1. The van der Waals surface area contributed by atoms with Crippen molar-refractivity contribution < 1.29 is 46.4 Å². The van der Waals surface area contributed by atoms with Gasteiger partial charge in [0.2, 0.25) is 5.60 Å². The van der Waals surface area contributed by atoms with E-state index in [4.69, 9.17) is 26.4 Å².